The minimum absolute atomic E-state index is 0.156. The molecule has 1 saturated heterocycles. The number of rotatable bonds is 1. The van der Waals surface area contributed by atoms with Gasteiger partial charge in [-0.15, -0.1) is 0 Å². The standard InChI is InChI=1S/C23H20FN3/c24-17-3-6-22-19(13-17)20-14-26-10-7-15(8-11-26)23(20)27(22)18-4-5-21-16(12-18)2-1-9-25-21/h1-6,9,12-13,15H,7-8,10-11,14H2. The van der Waals surface area contributed by atoms with E-state index in [9.17, 15) is 4.39 Å². The van der Waals surface area contributed by atoms with Gasteiger partial charge in [0, 0.05) is 40.8 Å². The molecule has 0 spiro atoms. The van der Waals surface area contributed by atoms with Crippen molar-refractivity contribution in [1.82, 2.24) is 14.5 Å². The Morgan fingerprint density at radius 3 is 2.78 bits per heavy atom. The summed E-state index contributed by atoms with van der Waals surface area (Å²) < 4.78 is 16.5. The van der Waals surface area contributed by atoms with Gasteiger partial charge in [0.15, 0.2) is 0 Å². The Bertz CT molecular complexity index is 1190. The predicted molar refractivity (Wildman–Crippen MR) is 106 cm³/mol. The molecule has 134 valence electrons. The molecule has 2 aromatic carbocycles. The molecule has 0 unspecified atom stereocenters. The molecule has 0 N–H and O–H groups in total. The van der Waals surface area contributed by atoms with Crippen LogP contribution < -0.4 is 0 Å². The molecular weight excluding hydrogens is 337 g/mol. The monoisotopic (exact) mass is 357 g/mol. The highest BCUT2D eigenvalue weighted by Crippen LogP contribution is 2.42. The highest BCUT2D eigenvalue weighted by Gasteiger charge is 2.33. The maximum atomic E-state index is 14.1. The van der Waals surface area contributed by atoms with E-state index in [4.69, 9.17) is 0 Å². The van der Waals surface area contributed by atoms with Crippen LogP contribution in [-0.2, 0) is 6.54 Å². The minimum atomic E-state index is -0.156. The Hall–Kier alpha value is -2.72. The maximum absolute atomic E-state index is 14.1. The van der Waals surface area contributed by atoms with Gasteiger partial charge in [0.25, 0.3) is 0 Å². The summed E-state index contributed by atoms with van der Waals surface area (Å²) in [7, 11) is 0. The van der Waals surface area contributed by atoms with Gasteiger partial charge in [-0.25, -0.2) is 4.39 Å². The maximum Gasteiger partial charge on any atom is 0.123 e. The number of halogens is 1. The van der Waals surface area contributed by atoms with E-state index in [1.165, 1.54) is 24.1 Å². The molecule has 5 heterocycles. The third kappa shape index (κ3) is 2.26. The lowest BCUT2D eigenvalue weighted by molar-refractivity contribution is 0.220. The van der Waals surface area contributed by atoms with Gasteiger partial charge in [-0.3, -0.25) is 9.88 Å². The summed E-state index contributed by atoms with van der Waals surface area (Å²) in [5, 5.41) is 2.20. The van der Waals surface area contributed by atoms with Gasteiger partial charge in [-0.1, -0.05) is 6.07 Å². The fourth-order valence-electron chi connectivity index (χ4n) is 5.01. The van der Waals surface area contributed by atoms with Crippen molar-refractivity contribution in [2.75, 3.05) is 13.1 Å². The largest absolute Gasteiger partial charge is 0.313 e. The van der Waals surface area contributed by atoms with Gasteiger partial charge >= 0.3 is 0 Å². The molecule has 3 aliphatic rings. The molecule has 4 heteroatoms. The van der Waals surface area contributed by atoms with E-state index >= 15 is 0 Å². The van der Waals surface area contributed by atoms with E-state index in [1.807, 2.05) is 18.3 Å². The molecule has 2 bridgehead atoms. The van der Waals surface area contributed by atoms with Crippen LogP contribution in [0.4, 0.5) is 4.39 Å². The van der Waals surface area contributed by atoms with Crippen molar-refractivity contribution in [3.05, 3.63) is 71.8 Å². The number of pyridine rings is 1. The molecule has 0 aliphatic carbocycles. The highest BCUT2D eigenvalue weighted by atomic mass is 19.1. The van der Waals surface area contributed by atoms with Crippen LogP contribution in [0.3, 0.4) is 0 Å². The first kappa shape index (κ1) is 15.3. The number of aromatic nitrogens is 2. The van der Waals surface area contributed by atoms with Gasteiger partial charge in [0.05, 0.1) is 11.0 Å². The Kier molecular flexibility index (Phi) is 3.20. The van der Waals surface area contributed by atoms with E-state index in [2.05, 4.69) is 38.7 Å². The summed E-state index contributed by atoms with van der Waals surface area (Å²) in [6.45, 7) is 3.20. The van der Waals surface area contributed by atoms with Crippen LogP contribution in [0.2, 0.25) is 0 Å². The first-order valence-corrected chi connectivity index (χ1v) is 9.68. The lowest BCUT2D eigenvalue weighted by Gasteiger charge is -2.27. The number of hydrogen-bond acceptors (Lipinski definition) is 2. The highest BCUT2D eigenvalue weighted by molar-refractivity contribution is 5.89. The molecule has 3 nitrogen and oxygen atoms in total. The molecule has 1 fully saturated rings. The van der Waals surface area contributed by atoms with Crippen molar-refractivity contribution >= 4 is 21.8 Å². The van der Waals surface area contributed by atoms with Gasteiger partial charge in [0.2, 0.25) is 0 Å². The van der Waals surface area contributed by atoms with E-state index in [1.54, 1.807) is 12.1 Å². The van der Waals surface area contributed by atoms with E-state index in [-0.39, 0.29) is 5.82 Å². The molecule has 2 aromatic heterocycles. The van der Waals surface area contributed by atoms with Crippen LogP contribution in [0.1, 0.15) is 30.0 Å². The molecule has 0 radical (unpaired) electrons. The van der Waals surface area contributed by atoms with Crippen molar-refractivity contribution < 1.29 is 4.39 Å². The SMILES string of the molecule is Fc1ccc2c(c1)c1c(n2-c2ccc3ncccc3c2)C2CCN(CC2)C1. The molecular formula is C23H20FN3. The molecule has 0 amide bonds. The van der Waals surface area contributed by atoms with Crippen LogP contribution in [0.25, 0.3) is 27.5 Å². The fourth-order valence-corrected chi connectivity index (χ4v) is 5.01. The summed E-state index contributed by atoms with van der Waals surface area (Å²) in [4.78, 5) is 6.97. The zero-order valence-electron chi connectivity index (χ0n) is 15.0. The predicted octanol–water partition coefficient (Wildman–Crippen LogP) is 5.01. The summed E-state index contributed by atoms with van der Waals surface area (Å²) >= 11 is 0. The van der Waals surface area contributed by atoms with Gasteiger partial charge in [0.1, 0.15) is 5.82 Å². The average molecular weight is 357 g/mol. The zero-order chi connectivity index (χ0) is 18.0. The number of benzene rings is 2. The summed E-state index contributed by atoms with van der Waals surface area (Å²) in [5.74, 6) is 0.385. The number of piperidine rings is 1. The second-order valence-electron chi connectivity index (χ2n) is 7.79. The smallest absolute Gasteiger partial charge is 0.123 e. The van der Waals surface area contributed by atoms with E-state index in [0.717, 1.165) is 47.1 Å². The zero-order valence-corrected chi connectivity index (χ0v) is 15.0. The lowest BCUT2D eigenvalue weighted by atomic mass is 9.94. The minimum Gasteiger partial charge on any atom is -0.313 e. The molecule has 0 atom stereocenters. The van der Waals surface area contributed by atoms with Gasteiger partial charge in [-0.2, -0.15) is 0 Å². The summed E-state index contributed by atoms with van der Waals surface area (Å²) in [6, 6.07) is 15.8. The number of hydrogen-bond donors (Lipinski definition) is 0. The molecule has 3 aliphatic heterocycles. The second kappa shape index (κ2) is 5.64. The number of nitrogens with zero attached hydrogens (tertiary/aromatic N) is 3. The molecule has 27 heavy (non-hydrogen) atoms. The van der Waals surface area contributed by atoms with Crippen molar-refractivity contribution in [2.45, 2.75) is 25.3 Å². The Morgan fingerprint density at radius 2 is 1.89 bits per heavy atom. The first-order chi connectivity index (χ1) is 13.3. The second-order valence-corrected chi connectivity index (χ2v) is 7.79. The van der Waals surface area contributed by atoms with E-state index in [0.29, 0.717) is 5.92 Å². The van der Waals surface area contributed by atoms with Crippen LogP contribution >= 0.6 is 0 Å². The van der Waals surface area contributed by atoms with Crippen LogP contribution in [0.5, 0.6) is 0 Å². The fraction of sp³-hybridized carbons (Fsp3) is 0.261. The van der Waals surface area contributed by atoms with E-state index < -0.39 is 0 Å². The van der Waals surface area contributed by atoms with Gasteiger partial charge in [-0.05, 0) is 74.0 Å². The third-order valence-corrected chi connectivity index (χ3v) is 6.28. The Morgan fingerprint density at radius 1 is 1.00 bits per heavy atom. The van der Waals surface area contributed by atoms with Crippen LogP contribution in [-0.4, -0.2) is 27.5 Å². The normalized spacial score (nSPS) is 21.5. The van der Waals surface area contributed by atoms with Crippen molar-refractivity contribution in [1.29, 1.82) is 0 Å². The Balaban J connectivity index is 1.69. The summed E-state index contributed by atoms with van der Waals surface area (Å²) in [6.07, 6.45) is 4.19. The van der Waals surface area contributed by atoms with Gasteiger partial charge < -0.3 is 4.57 Å². The molecule has 4 aromatic rings. The third-order valence-electron chi connectivity index (χ3n) is 6.28. The average Bonchev–Trinajstić information content (AvgIpc) is 2.82. The number of fused-ring (bicyclic) bond motifs is 4. The topological polar surface area (TPSA) is 21.1 Å². The molecule has 0 saturated carbocycles. The van der Waals surface area contributed by atoms with Crippen molar-refractivity contribution in [2.24, 2.45) is 0 Å². The summed E-state index contributed by atoms with van der Waals surface area (Å²) in [5.41, 5.74) is 5.96. The van der Waals surface area contributed by atoms with Crippen LogP contribution in [0.15, 0.2) is 54.7 Å². The quantitative estimate of drug-likeness (QED) is 0.477. The lowest BCUT2D eigenvalue weighted by Crippen LogP contribution is -2.29. The van der Waals surface area contributed by atoms with Crippen LogP contribution in [0, 0.1) is 5.82 Å². The molecule has 7 rings (SSSR count). The van der Waals surface area contributed by atoms with Crippen molar-refractivity contribution in [3.8, 4) is 5.69 Å². The Labute approximate surface area is 157 Å². The van der Waals surface area contributed by atoms with Crippen molar-refractivity contribution in [3.63, 3.8) is 0 Å². The first-order valence-electron chi connectivity index (χ1n) is 9.68.